The summed E-state index contributed by atoms with van der Waals surface area (Å²) in [4.78, 5) is 47.8. The lowest BCUT2D eigenvalue weighted by molar-refractivity contribution is -0.130. The number of amides is 2. The number of anilines is 1. The first-order valence-electron chi connectivity index (χ1n) is 16.3. The van der Waals surface area contributed by atoms with E-state index in [-0.39, 0.29) is 19.4 Å². The summed E-state index contributed by atoms with van der Waals surface area (Å²) in [6.07, 6.45) is 0. The van der Waals surface area contributed by atoms with Gasteiger partial charge in [0.15, 0.2) is 28.8 Å². The van der Waals surface area contributed by atoms with Crippen LogP contribution in [0.15, 0.2) is 126 Å². The second-order valence-electron chi connectivity index (χ2n) is 13.0. The number of hydrogen-bond donors (Lipinski definition) is 0. The van der Waals surface area contributed by atoms with Crippen LogP contribution in [0.3, 0.4) is 0 Å². The van der Waals surface area contributed by atoms with Crippen molar-refractivity contribution >= 4 is 50.4 Å². The molecule has 0 aromatic heterocycles. The van der Waals surface area contributed by atoms with Gasteiger partial charge in [0.1, 0.15) is 0 Å². The molecule has 5 aromatic carbocycles. The Morgan fingerprint density at radius 2 is 1.02 bits per heavy atom. The van der Waals surface area contributed by atoms with Crippen molar-refractivity contribution in [3.8, 4) is 23.0 Å². The summed E-state index contributed by atoms with van der Waals surface area (Å²) >= 11 is 3.52. The predicted molar refractivity (Wildman–Crippen MR) is 187 cm³/mol. The maximum absolute atomic E-state index is 16.2. The van der Waals surface area contributed by atoms with Crippen LogP contribution >= 0.6 is 15.9 Å². The van der Waals surface area contributed by atoms with Crippen LogP contribution < -0.4 is 23.8 Å². The van der Waals surface area contributed by atoms with Crippen LogP contribution in [0.4, 0.5) is 5.69 Å². The summed E-state index contributed by atoms with van der Waals surface area (Å²) in [6, 6.07) is 37.2. The van der Waals surface area contributed by atoms with Gasteiger partial charge >= 0.3 is 0 Å². The smallest absolute Gasteiger partial charge is 0.239 e. The number of ether oxygens (including phenoxy) is 4. The fraction of sp³-hybridized carbons (Fsp3) is 0.146. The number of nitrogens with zero attached hydrogens (tertiary/aromatic N) is 1. The minimum Gasteiger partial charge on any atom is -0.454 e. The number of carbonyl (C=O) groups is 3. The molecule has 0 spiro atoms. The molecule has 2 fully saturated rings. The van der Waals surface area contributed by atoms with Crippen LogP contribution in [-0.4, -0.2) is 31.2 Å². The Balaban J connectivity index is 1.37. The van der Waals surface area contributed by atoms with E-state index in [9.17, 15) is 0 Å². The van der Waals surface area contributed by atoms with E-state index in [2.05, 4.69) is 15.9 Å². The highest BCUT2D eigenvalue weighted by atomic mass is 79.9. The molecular formula is C41H26BrNO7. The number of carbonyl (C=O) groups excluding carboxylic acids is 3. The molecular weight excluding hydrogens is 698 g/mol. The van der Waals surface area contributed by atoms with Gasteiger partial charge in [-0.25, -0.2) is 4.90 Å². The van der Waals surface area contributed by atoms with Crippen LogP contribution in [0.5, 0.6) is 23.0 Å². The number of halogens is 1. The Morgan fingerprint density at radius 3 is 1.50 bits per heavy atom. The van der Waals surface area contributed by atoms with Crippen molar-refractivity contribution < 1.29 is 33.3 Å². The highest BCUT2D eigenvalue weighted by Gasteiger charge is 2.82. The summed E-state index contributed by atoms with van der Waals surface area (Å²) in [5.41, 5.74) is 1.27. The SMILES string of the molecule is O=C1C2C(C(=O)N1c1cccc(Br)c1)C1(c3ccccc3)C(=O)C2(c2ccccc2)C(c2ccc3c(c2)OCO3)=C1c1ccc2c(c1)OCO2. The van der Waals surface area contributed by atoms with Gasteiger partial charge in [0.2, 0.25) is 25.4 Å². The molecule has 4 atom stereocenters. The molecule has 2 amide bonds. The number of Topliss-reactive ketones (excluding diaryl/α,β-unsaturated/α-hetero) is 1. The minimum absolute atomic E-state index is 0.0723. The van der Waals surface area contributed by atoms with Gasteiger partial charge in [-0.1, -0.05) is 94.8 Å². The summed E-state index contributed by atoms with van der Waals surface area (Å²) < 4.78 is 23.8. The molecule has 8 nitrogen and oxygen atoms in total. The third kappa shape index (κ3) is 3.57. The lowest BCUT2D eigenvalue weighted by atomic mass is 9.59. The normalized spacial score (nSPS) is 25.5. The van der Waals surface area contributed by atoms with Gasteiger partial charge in [-0.2, -0.15) is 0 Å². The van der Waals surface area contributed by atoms with E-state index < -0.39 is 34.5 Å². The van der Waals surface area contributed by atoms with Crippen LogP contribution in [0.2, 0.25) is 0 Å². The highest BCUT2D eigenvalue weighted by molar-refractivity contribution is 9.10. The molecule has 3 heterocycles. The molecule has 50 heavy (non-hydrogen) atoms. The van der Waals surface area contributed by atoms with Crippen molar-refractivity contribution in [2.45, 2.75) is 10.8 Å². The van der Waals surface area contributed by atoms with E-state index in [1.54, 1.807) is 18.2 Å². The number of allylic oxidation sites excluding steroid dienone is 2. The molecule has 0 radical (unpaired) electrons. The maximum atomic E-state index is 16.2. The van der Waals surface area contributed by atoms with Crippen molar-refractivity contribution in [3.63, 3.8) is 0 Å². The molecule has 0 N–H and O–H groups in total. The van der Waals surface area contributed by atoms with Gasteiger partial charge < -0.3 is 18.9 Å². The van der Waals surface area contributed by atoms with E-state index in [1.807, 2.05) is 103 Å². The zero-order valence-electron chi connectivity index (χ0n) is 26.3. The standard InChI is InChI=1S/C41H26BrNO7/c42-27-12-7-13-28(20-27)43-37(44)35-36(38(43)45)41(26-10-5-2-6-11-26)34(24-15-17-30-32(19-24)50-22-48-30)33(23-14-16-29-31(18-23)49-21-47-29)40(35,39(41)46)25-8-3-1-4-9-25/h1-20,35-36H,21-22H2. The zero-order chi connectivity index (χ0) is 33.8. The number of fused-ring (bicyclic) bond motifs is 7. The minimum atomic E-state index is -1.56. The van der Waals surface area contributed by atoms with Crippen molar-refractivity contribution in [3.05, 3.63) is 148 Å². The molecule has 3 aliphatic heterocycles. The van der Waals surface area contributed by atoms with Gasteiger partial charge in [0.05, 0.1) is 28.4 Å². The summed E-state index contributed by atoms with van der Waals surface area (Å²) in [7, 11) is 0. The fourth-order valence-corrected chi connectivity index (χ4v) is 9.49. The summed E-state index contributed by atoms with van der Waals surface area (Å²) in [5.74, 6) is -0.913. The molecule has 5 aromatic rings. The van der Waals surface area contributed by atoms with Gasteiger partial charge in [0, 0.05) is 4.47 Å². The quantitative estimate of drug-likeness (QED) is 0.179. The van der Waals surface area contributed by atoms with Crippen LogP contribution in [0, 0.1) is 11.8 Å². The molecule has 2 bridgehead atoms. The molecule has 244 valence electrons. The first-order valence-corrected chi connectivity index (χ1v) is 17.1. The molecule has 2 aliphatic carbocycles. The number of benzene rings is 5. The lowest BCUT2D eigenvalue weighted by Crippen LogP contribution is -2.45. The monoisotopic (exact) mass is 723 g/mol. The van der Waals surface area contributed by atoms with Crippen LogP contribution in [-0.2, 0) is 25.2 Å². The van der Waals surface area contributed by atoms with E-state index in [4.69, 9.17) is 18.9 Å². The van der Waals surface area contributed by atoms with Crippen molar-refractivity contribution in [2.75, 3.05) is 18.5 Å². The van der Waals surface area contributed by atoms with E-state index in [0.29, 0.717) is 62.1 Å². The molecule has 10 rings (SSSR count). The third-order valence-corrected chi connectivity index (χ3v) is 11.3. The lowest BCUT2D eigenvalue weighted by Gasteiger charge is -2.39. The van der Waals surface area contributed by atoms with Crippen molar-refractivity contribution in [1.29, 1.82) is 0 Å². The van der Waals surface area contributed by atoms with E-state index in [1.165, 1.54) is 4.90 Å². The average molecular weight is 725 g/mol. The highest BCUT2D eigenvalue weighted by Crippen LogP contribution is 2.74. The van der Waals surface area contributed by atoms with Crippen LogP contribution in [0.25, 0.3) is 11.1 Å². The topological polar surface area (TPSA) is 91.4 Å². The molecule has 5 aliphatic rings. The molecule has 1 saturated carbocycles. The Kier molecular flexibility index (Phi) is 6.10. The number of hydrogen-bond acceptors (Lipinski definition) is 7. The molecule has 9 heteroatoms. The summed E-state index contributed by atoms with van der Waals surface area (Å²) in [6.45, 7) is 0.145. The largest absolute Gasteiger partial charge is 0.454 e. The average Bonchev–Trinajstić information content (AvgIpc) is 3.95. The van der Waals surface area contributed by atoms with Gasteiger partial charge in [-0.05, 0) is 75.9 Å². The Labute approximate surface area is 295 Å². The van der Waals surface area contributed by atoms with E-state index >= 15 is 14.4 Å². The maximum Gasteiger partial charge on any atom is 0.239 e. The first-order chi connectivity index (χ1) is 24.5. The third-order valence-electron chi connectivity index (χ3n) is 10.8. The van der Waals surface area contributed by atoms with Crippen molar-refractivity contribution in [1.82, 2.24) is 0 Å². The van der Waals surface area contributed by atoms with Crippen molar-refractivity contribution in [2.24, 2.45) is 11.8 Å². The Bertz CT molecular complexity index is 2200. The van der Waals surface area contributed by atoms with Gasteiger partial charge in [0.25, 0.3) is 0 Å². The Hall–Kier alpha value is -5.67. The number of rotatable bonds is 5. The van der Waals surface area contributed by atoms with Gasteiger partial charge in [-0.15, -0.1) is 0 Å². The van der Waals surface area contributed by atoms with Crippen LogP contribution in [0.1, 0.15) is 22.3 Å². The first kappa shape index (κ1) is 29.3. The van der Waals surface area contributed by atoms with Gasteiger partial charge in [-0.3, -0.25) is 14.4 Å². The predicted octanol–water partition coefficient (Wildman–Crippen LogP) is 7.10. The zero-order valence-corrected chi connectivity index (χ0v) is 27.9. The fourth-order valence-electron chi connectivity index (χ4n) is 9.10. The Morgan fingerprint density at radius 1 is 0.540 bits per heavy atom. The number of ketones is 1. The second-order valence-corrected chi connectivity index (χ2v) is 13.9. The molecule has 1 saturated heterocycles. The van der Waals surface area contributed by atoms with E-state index in [0.717, 1.165) is 4.47 Å². The molecule has 4 unspecified atom stereocenters. The second kappa shape index (κ2) is 10.4. The number of imide groups is 1. The summed E-state index contributed by atoms with van der Waals surface area (Å²) in [5, 5.41) is 0.